The molecule has 1 aromatic carbocycles. The zero-order valence-electron chi connectivity index (χ0n) is 10.8. The average molecular weight is 325 g/mol. The zero-order valence-corrected chi connectivity index (χ0v) is 12.4. The molecule has 19 heavy (non-hydrogen) atoms. The third-order valence-corrected chi connectivity index (χ3v) is 3.95. The number of aryl methyl sites for hydroxylation is 2. The minimum atomic E-state index is -0.317. The van der Waals surface area contributed by atoms with E-state index in [-0.39, 0.29) is 24.4 Å². The van der Waals surface area contributed by atoms with E-state index in [1.54, 1.807) is 16.8 Å². The van der Waals surface area contributed by atoms with Crippen LogP contribution in [0, 0.1) is 12.7 Å². The third-order valence-electron chi connectivity index (χ3n) is 2.92. The van der Waals surface area contributed by atoms with Gasteiger partial charge in [-0.15, -0.1) is 0 Å². The van der Waals surface area contributed by atoms with Crippen LogP contribution in [0.15, 0.2) is 28.7 Å². The van der Waals surface area contributed by atoms with E-state index < -0.39 is 0 Å². The van der Waals surface area contributed by atoms with Crippen molar-refractivity contribution in [2.45, 2.75) is 19.8 Å². The Balaban J connectivity index is 2.09. The molecule has 5 heteroatoms. The first-order valence-electron chi connectivity index (χ1n) is 5.91. The molecule has 0 aliphatic rings. The molecule has 100 valence electrons. The van der Waals surface area contributed by atoms with Crippen molar-refractivity contribution in [1.82, 2.24) is 9.78 Å². The fraction of sp³-hybridized carbons (Fsp3) is 0.286. The van der Waals surface area contributed by atoms with Crippen molar-refractivity contribution in [2.75, 3.05) is 0 Å². The molecule has 0 bridgehead atoms. The summed E-state index contributed by atoms with van der Waals surface area (Å²) in [7, 11) is 1.81. The van der Waals surface area contributed by atoms with Crippen LogP contribution in [0.25, 0.3) is 0 Å². The second-order valence-electron chi connectivity index (χ2n) is 4.49. The summed E-state index contributed by atoms with van der Waals surface area (Å²) < 4.78 is 15.6. The molecule has 0 N–H and O–H groups in total. The molecule has 0 saturated carbocycles. The van der Waals surface area contributed by atoms with Crippen molar-refractivity contribution in [3.8, 4) is 0 Å². The molecule has 0 unspecified atom stereocenters. The number of Topliss-reactive ketones (excluding diaryl/α,β-unsaturated/α-hetero) is 1. The fourth-order valence-electron chi connectivity index (χ4n) is 2.00. The molecular weight excluding hydrogens is 311 g/mol. The third kappa shape index (κ3) is 3.29. The predicted molar refractivity (Wildman–Crippen MR) is 74.5 cm³/mol. The molecule has 1 heterocycles. The topological polar surface area (TPSA) is 34.9 Å². The van der Waals surface area contributed by atoms with Crippen molar-refractivity contribution < 1.29 is 9.18 Å². The summed E-state index contributed by atoms with van der Waals surface area (Å²) in [5, 5.41) is 4.24. The molecule has 2 rings (SSSR count). The summed E-state index contributed by atoms with van der Waals surface area (Å²) in [4.78, 5) is 12.0. The standard InChI is InChI=1S/C14H14BrFN2O/c1-9-14(15)13(18(2)17-9)8-12(19)7-10-4-3-5-11(16)6-10/h3-6H,7-8H2,1-2H3. The molecule has 0 radical (unpaired) electrons. The Kier molecular flexibility index (Phi) is 4.14. The number of hydrogen-bond acceptors (Lipinski definition) is 2. The Labute approximate surface area is 119 Å². The summed E-state index contributed by atoms with van der Waals surface area (Å²) in [6, 6.07) is 6.13. The van der Waals surface area contributed by atoms with Gasteiger partial charge in [0, 0.05) is 19.9 Å². The number of benzene rings is 1. The van der Waals surface area contributed by atoms with Gasteiger partial charge in [0.25, 0.3) is 0 Å². The van der Waals surface area contributed by atoms with Crippen LogP contribution in [0.4, 0.5) is 4.39 Å². The van der Waals surface area contributed by atoms with Gasteiger partial charge in [0.2, 0.25) is 0 Å². The monoisotopic (exact) mass is 324 g/mol. The first-order chi connectivity index (χ1) is 8.97. The minimum Gasteiger partial charge on any atom is -0.299 e. The highest BCUT2D eigenvalue weighted by Gasteiger charge is 2.14. The molecule has 0 amide bonds. The van der Waals surface area contributed by atoms with Crippen molar-refractivity contribution in [3.05, 3.63) is 51.5 Å². The highest BCUT2D eigenvalue weighted by molar-refractivity contribution is 9.10. The molecule has 0 atom stereocenters. The number of ketones is 1. The summed E-state index contributed by atoms with van der Waals surface area (Å²) in [6.45, 7) is 1.88. The van der Waals surface area contributed by atoms with Gasteiger partial charge < -0.3 is 0 Å². The van der Waals surface area contributed by atoms with Gasteiger partial charge >= 0.3 is 0 Å². The van der Waals surface area contributed by atoms with Gasteiger partial charge in [-0.25, -0.2) is 4.39 Å². The van der Waals surface area contributed by atoms with E-state index in [2.05, 4.69) is 21.0 Å². The van der Waals surface area contributed by atoms with Crippen LogP contribution >= 0.6 is 15.9 Å². The van der Waals surface area contributed by atoms with Gasteiger partial charge in [0.05, 0.1) is 15.9 Å². The maximum atomic E-state index is 13.0. The molecular formula is C14H14BrFN2O. The number of carbonyl (C=O) groups excluding carboxylic acids is 1. The normalized spacial score (nSPS) is 10.7. The Morgan fingerprint density at radius 1 is 1.42 bits per heavy atom. The van der Waals surface area contributed by atoms with E-state index in [4.69, 9.17) is 0 Å². The minimum absolute atomic E-state index is 0.0364. The van der Waals surface area contributed by atoms with E-state index in [1.165, 1.54) is 12.1 Å². The van der Waals surface area contributed by atoms with Crippen LogP contribution < -0.4 is 0 Å². The fourth-order valence-corrected chi connectivity index (χ4v) is 2.47. The van der Waals surface area contributed by atoms with Gasteiger partial charge in [0.15, 0.2) is 0 Å². The highest BCUT2D eigenvalue weighted by Crippen LogP contribution is 2.21. The second-order valence-corrected chi connectivity index (χ2v) is 5.28. The maximum absolute atomic E-state index is 13.0. The van der Waals surface area contributed by atoms with Crippen LogP contribution in [0.3, 0.4) is 0 Å². The number of hydrogen-bond donors (Lipinski definition) is 0. The molecule has 0 saturated heterocycles. The SMILES string of the molecule is Cc1nn(C)c(CC(=O)Cc2cccc(F)c2)c1Br. The quantitative estimate of drug-likeness (QED) is 0.866. The highest BCUT2D eigenvalue weighted by atomic mass is 79.9. The lowest BCUT2D eigenvalue weighted by molar-refractivity contribution is -0.117. The summed E-state index contributed by atoms with van der Waals surface area (Å²) in [6.07, 6.45) is 0.517. The van der Waals surface area contributed by atoms with Crippen molar-refractivity contribution in [1.29, 1.82) is 0 Å². The van der Waals surface area contributed by atoms with Gasteiger partial charge in [0.1, 0.15) is 11.6 Å². The smallest absolute Gasteiger partial charge is 0.143 e. The lowest BCUT2D eigenvalue weighted by Crippen LogP contribution is -2.10. The average Bonchev–Trinajstić information content (AvgIpc) is 2.56. The van der Waals surface area contributed by atoms with Gasteiger partial charge in [-0.2, -0.15) is 5.10 Å². The predicted octanol–water partition coefficient (Wildman–Crippen LogP) is 2.98. The Hall–Kier alpha value is -1.49. The molecule has 0 fully saturated rings. The summed E-state index contributed by atoms with van der Waals surface area (Å²) in [5.41, 5.74) is 2.40. The van der Waals surface area contributed by atoms with E-state index in [0.29, 0.717) is 5.56 Å². The number of rotatable bonds is 4. The number of carbonyl (C=O) groups is 1. The molecule has 1 aromatic heterocycles. The zero-order chi connectivity index (χ0) is 14.0. The van der Waals surface area contributed by atoms with Crippen molar-refractivity contribution in [3.63, 3.8) is 0 Å². The van der Waals surface area contributed by atoms with Crippen LogP contribution in [0.5, 0.6) is 0 Å². The molecule has 2 aromatic rings. The van der Waals surface area contributed by atoms with Crippen LogP contribution in [0.2, 0.25) is 0 Å². The van der Waals surface area contributed by atoms with E-state index in [0.717, 1.165) is 15.9 Å². The molecule has 0 aliphatic heterocycles. The maximum Gasteiger partial charge on any atom is 0.143 e. The van der Waals surface area contributed by atoms with Gasteiger partial charge in [-0.1, -0.05) is 12.1 Å². The van der Waals surface area contributed by atoms with E-state index >= 15 is 0 Å². The number of aromatic nitrogens is 2. The molecule has 3 nitrogen and oxygen atoms in total. The van der Waals surface area contributed by atoms with E-state index in [9.17, 15) is 9.18 Å². The number of nitrogens with zero attached hydrogens (tertiary/aromatic N) is 2. The number of halogens is 2. The first-order valence-corrected chi connectivity index (χ1v) is 6.71. The largest absolute Gasteiger partial charge is 0.299 e. The Bertz CT molecular complexity index is 622. The lowest BCUT2D eigenvalue weighted by Gasteiger charge is -2.03. The van der Waals surface area contributed by atoms with E-state index in [1.807, 2.05) is 14.0 Å². The van der Waals surface area contributed by atoms with Crippen LogP contribution in [-0.2, 0) is 24.7 Å². The summed E-state index contributed by atoms with van der Waals surface area (Å²) >= 11 is 3.43. The molecule has 0 aliphatic carbocycles. The first kappa shape index (κ1) is 13.9. The lowest BCUT2D eigenvalue weighted by atomic mass is 10.1. The Morgan fingerprint density at radius 3 is 2.74 bits per heavy atom. The van der Waals surface area contributed by atoms with Crippen molar-refractivity contribution >= 4 is 21.7 Å². The molecule has 0 spiro atoms. The second kappa shape index (κ2) is 5.65. The summed E-state index contributed by atoms with van der Waals surface area (Å²) in [5.74, 6) is -0.280. The van der Waals surface area contributed by atoms with Crippen LogP contribution in [-0.4, -0.2) is 15.6 Å². The Morgan fingerprint density at radius 2 is 2.16 bits per heavy atom. The van der Waals surface area contributed by atoms with Gasteiger partial charge in [-0.05, 0) is 40.5 Å². The van der Waals surface area contributed by atoms with Crippen LogP contribution in [0.1, 0.15) is 17.0 Å². The van der Waals surface area contributed by atoms with Gasteiger partial charge in [-0.3, -0.25) is 9.48 Å². The van der Waals surface area contributed by atoms with Crippen molar-refractivity contribution in [2.24, 2.45) is 7.05 Å².